The van der Waals surface area contributed by atoms with Crippen LogP contribution in [0.5, 0.6) is 0 Å². The van der Waals surface area contributed by atoms with Gasteiger partial charge in [0.15, 0.2) is 0 Å². The van der Waals surface area contributed by atoms with E-state index in [9.17, 15) is 9.90 Å². The fraction of sp³-hybridized carbons (Fsp3) is 0.778. The molecule has 1 amide bonds. The van der Waals surface area contributed by atoms with Crippen LogP contribution in [-0.4, -0.2) is 34.6 Å². The first-order valence-corrected chi connectivity index (χ1v) is 4.53. The molecule has 4 nitrogen and oxygen atoms in total. The van der Waals surface area contributed by atoms with Crippen LogP contribution >= 0.6 is 0 Å². The second-order valence-corrected chi connectivity index (χ2v) is 4.03. The summed E-state index contributed by atoms with van der Waals surface area (Å²) in [5, 5.41) is 18.0. The van der Waals surface area contributed by atoms with Crippen LogP contribution in [0.1, 0.15) is 19.3 Å². The van der Waals surface area contributed by atoms with E-state index < -0.39 is 5.60 Å². The van der Waals surface area contributed by atoms with Gasteiger partial charge in [-0.15, -0.1) is 0 Å². The molecule has 0 aromatic carbocycles. The Balaban J connectivity index is 1.83. The highest BCUT2D eigenvalue weighted by Gasteiger charge is 2.46. The molecule has 0 aromatic rings. The largest absolute Gasteiger partial charge is 0.385 e. The molecular weight excluding hydrogens is 168 g/mol. The minimum atomic E-state index is -0.917. The Kier molecular flexibility index (Phi) is 1.77. The van der Waals surface area contributed by atoms with E-state index in [-0.39, 0.29) is 18.2 Å². The third-order valence-corrected chi connectivity index (χ3v) is 2.62. The number of likely N-dealkylation sites (tertiary alicyclic amines) is 1. The molecule has 0 radical (unpaired) electrons. The molecule has 1 heterocycles. The number of nitrogens with zero attached hydrogens (tertiary/aromatic N) is 2. The topological polar surface area (TPSA) is 64.3 Å². The van der Waals surface area contributed by atoms with Crippen LogP contribution in [0.3, 0.4) is 0 Å². The maximum atomic E-state index is 11.4. The third kappa shape index (κ3) is 1.52. The molecule has 4 heteroatoms. The van der Waals surface area contributed by atoms with Crippen LogP contribution in [-0.2, 0) is 4.79 Å². The number of rotatable bonds is 2. The monoisotopic (exact) mass is 180 g/mol. The lowest BCUT2D eigenvalue weighted by molar-refractivity contribution is -0.155. The zero-order chi connectivity index (χ0) is 9.47. The molecule has 0 spiro atoms. The molecule has 13 heavy (non-hydrogen) atoms. The summed E-state index contributed by atoms with van der Waals surface area (Å²) < 4.78 is 0. The number of carbonyl (C=O) groups excluding carboxylic acids is 1. The van der Waals surface area contributed by atoms with Crippen molar-refractivity contribution in [2.75, 3.05) is 13.1 Å². The van der Waals surface area contributed by atoms with E-state index in [2.05, 4.69) is 0 Å². The van der Waals surface area contributed by atoms with Crippen molar-refractivity contribution in [2.24, 2.45) is 5.92 Å². The Morgan fingerprint density at radius 2 is 2.23 bits per heavy atom. The van der Waals surface area contributed by atoms with Crippen molar-refractivity contribution in [3.8, 4) is 6.07 Å². The van der Waals surface area contributed by atoms with Gasteiger partial charge in [-0.25, -0.2) is 0 Å². The Morgan fingerprint density at radius 1 is 1.62 bits per heavy atom. The first kappa shape index (κ1) is 8.52. The molecule has 1 saturated carbocycles. The first-order valence-electron chi connectivity index (χ1n) is 4.53. The second-order valence-electron chi connectivity index (χ2n) is 4.03. The van der Waals surface area contributed by atoms with Gasteiger partial charge in [-0.3, -0.25) is 4.79 Å². The van der Waals surface area contributed by atoms with Crippen LogP contribution in [0.4, 0.5) is 0 Å². The standard InChI is InChI=1S/C9H12N2O2/c10-4-3-9(13)5-11(6-9)8(12)7-1-2-7/h7,13H,1-3,5-6H2. The zero-order valence-corrected chi connectivity index (χ0v) is 7.36. The van der Waals surface area contributed by atoms with E-state index in [1.165, 1.54) is 0 Å². The van der Waals surface area contributed by atoms with Gasteiger partial charge < -0.3 is 10.0 Å². The molecule has 0 atom stereocenters. The summed E-state index contributed by atoms with van der Waals surface area (Å²) in [6.07, 6.45) is 2.11. The van der Waals surface area contributed by atoms with Crippen molar-refractivity contribution < 1.29 is 9.90 Å². The van der Waals surface area contributed by atoms with Crippen molar-refractivity contribution in [1.82, 2.24) is 4.90 Å². The maximum absolute atomic E-state index is 11.4. The van der Waals surface area contributed by atoms with Crippen molar-refractivity contribution >= 4 is 5.91 Å². The minimum absolute atomic E-state index is 0.126. The van der Waals surface area contributed by atoms with E-state index >= 15 is 0 Å². The SMILES string of the molecule is N#CCC1(O)CN(C(=O)C2CC2)C1. The molecule has 1 aliphatic carbocycles. The van der Waals surface area contributed by atoms with Crippen LogP contribution in [0.15, 0.2) is 0 Å². The Labute approximate surface area is 76.8 Å². The third-order valence-electron chi connectivity index (χ3n) is 2.62. The summed E-state index contributed by atoms with van der Waals surface area (Å²) in [5.41, 5.74) is -0.917. The summed E-state index contributed by atoms with van der Waals surface area (Å²) in [6, 6.07) is 1.93. The molecule has 70 valence electrons. The van der Waals surface area contributed by atoms with Gasteiger partial charge in [0.25, 0.3) is 0 Å². The van der Waals surface area contributed by atoms with Gasteiger partial charge in [0, 0.05) is 5.92 Å². The number of carbonyl (C=O) groups is 1. The Hall–Kier alpha value is -1.08. The number of nitriles is 1. The van der Waals surface area contributed by atoms with Gasteiger partial charge >= 0.3 is 0 Å². The fourth-order valence-corrected chi connectivity index (χ4v) is 1.67. The highest BCUT2D eigenvalue weighted by Crippen LogP contribution is 2.35. The van der Waals surface area contributed by atoms with Crippen LogP contribution < -0.4 is 0 Å². The van der Waals surface area contributed by atoms with E-state index in [0.717, 1.165) is 12.8 Å². The predicted octanol–water partition coefficient (Wildman–Crippen LogP) is -0.117. The molecule has 2 rings (SSSR count). The van der Waals surface area contributed by atoms with Crippen LogP contribution in [0.25, 0.3) is 0 Å². The van der Waals surface area contributed by atoms with Gasteiger partial charge in [0.05, 0.1) is 25.6 Å². The van der Waals surface area contributed by atoms with Gasteiger partial charge in [0.2, 0.25) is 5.91 Å². The highest BCUT2D eigenvalue weighted by atomic mass is 16.3. The van der Waals surface area contributed by atoms with Gasteiger partial charge in [-0.2, -0.15) is 5.26 Å². The first-order chi connectivity index (χ1) is 6.14. The van der Waals surface area contributed by atoms with E-state index in [1.54, 1.807) is 4.90 Å². The van der Waals surface area contributed by atoms with E-state index in [1.807, 2.05) is 6.07 Å². The lowest BCUT2D eigenvalue weighted by atomic mass is 9.91. The number of β-amino-alcohol motifs (C(OH)–C–C–N with tert-alkyl or cyclic N) is 1. The molecule has 0 aromatic heterocycles. The number of hydrogen-bond acceptors (Lipinski definition) is 3. The van der Waals surface area contributed by atoms with Gasteiger partial charge in [-0.1, -0.05) is 0 Å². The molecule has 1 aliphatic heterocycles. The smallest absolute Gasteiger partial charge is 0.225 e. The van der Waals surface area contributed by atoms with Gasteiger partial charge in [0.1, 0.15) is 5.60 Å². The molecule has 2 fully saturated rings. The Bertz CT molecular complexity index is 272. The average molecular weight is 180 g/mol. The lowest BCUT2D eigenvalue weighted by Crippen LogP contribution is -2.63. The molecule has 1 saturated heterocycles. The molecule has 0 unspecified atom stereocenters. The summed E-state index contributed by atoms with van der Waals surface area (Å²) in [4.78, 5) is 13.1. The van der Waals surface area contributed by atoms with Crippen molar-refractivity contribution in [3.63, 3.8) is 0 Å². The Morgan fingerprint density at radius 3 is 2.69 bits per heavy atom. The molecule has 2 aliphatic rings. The van der Waals surface area contributed by atoms with Crippen LogP contribution in [0, 0.1) is 17.2 Å². The zero-order valence-electron chi connectivity index (χ0n) is 7.36. The average Bonchev–Trinajstić information content (AvgIpc) is 2.81. The summed E-state index contributed by atoms with van der Waals surface area (Å²) >= 11 is 0. The summed E-state index contributed by atoms with van der Waals surface area (Å²) in [6.45, 7) is 0.686. The van der Waals surface area contributed by atoms with E-state index in [4.69, 9.17) is 5.26 Å². The highest BCUT2D eigenvalue weighted by molar-refractivity contribution is 5.82. The lowest BCUT2D eigenvalue weighted by Gasteiger charge is -2.45. The van der Waals surface area contributed by atoms with Crippen LogP contribution in [0.2, 0.25) is 0 Å². The van der Waals surface area contributed by atoms with Crippen molar-refractivity contribution in [3.05, 3.63) is 0 Å². The quantitative estimate of drug-likeness (QED) is 0.644. The molecule has 1 N–H and O–H groups in total. The second kappa shape index (κ2) is 2.71. The fourth-order valence-electron chi connectivity index (χ4n) is 1.67. The normalized spacial score (nSPS) is 24.8. The van der Waals surface area contributed by atoms with Crippen molar-refractivity contribution in [2.45, 2.75) is 24.9 Å². The predicted molar refractivity (Wildman–Crippen MR) is 44.5 cm³/mol. The maximum Gasteiger partial charge on any atom is 0.225 e. The summed E-state index contributed by atoms with van der Waals surface area (Å²) in [7, 11) is 0. The number of amides is 1. The van der Waals surface area contributed by atoms with Gasteiger partial charge in [-0.05, 0) is 12.8 Å². The van der Waals surface area contributed by atoms with E-state index in [0.29, 0.717) is 13.1 Å². The molecular formula is C9H12N2O2. The number of aliphatic hydroxyl groups is 1. The minimum Gasteiger partial charge on any atom is -0.385 e. The number of hydrogen-bond donors (Lipinski definition) is 1. The summed E-state index contributed by atoms with van der Waals surface area (Å²) in [5.74, 6) is 0.370. The molecule has 0 bridgehead atoms. The van der Waals surface area contributed by atoms with Crippen molar-refractivity contribution in [1.29, 1.82) is 5.26 Å².